The van der Waals surface area contributed by atoms with Gasteiger partial charge in [0, 0.05) is 12.0 Å². The van der Waals surface area contributed by atoms with Gasteiger partial charge >= 0.3 is 11.9 Å². The number of carbonyl (C=O) groups is 2. The van der Waals surface area contributed by atoms with E-state index in [2.05, 4.69) is 20.8 Å². The Morgan fingerprint density at radius 2 is 2.08 bits per heavy atom. The van der Waals surface area contributed by atoms with E-state index in [1.165, 1.54) is 6.42 Å². The first-order chi connectivity index (χ1) is 11.3. The van der Waals surface area contributed by atoms with Crippen LogP contribution in [0.25, 0.3) is 0 Å². The number of nitrogens with two attached hydrogens (primary N) is 1. The molecule has 1 saturated carbocycles. The number of hydrogen-bond donors (Lipinski definition) is 1. The van der Waals surface area contributed by atoms with Crippen LogP contribution in [0.5, 0.6) is 0 Å². The molecule has 0 unspecified atom stereocenters. The van der Waals surface area contributed by atoms with Crippen LogP contribution in [0.3, 0.4) is 0 Å². The largest absolute Gasteiger partial charge is 0.463 e. The van der Waals surface area contributed by atoms with Crippen molar-refractivity contribution in [2.75, 3.05) is 6.61 Å². The average molecular weight is 337 g/mol. The van der Waals surface area contributed by atoms with Crippen LogP contribution >= 0.6 is 0 Å². The molecule has 0 saturated heterocycles. The Morgan fingerprint density at radius 3 is 2.71 bits per heavy atom. The maximum absolute atomic E-state index is 12.7. The minimum Gasteiger partial charge on any atom is -0.463 e. The van der Waals surface area contributed by atoms with E-state index >= 15 is 0 Å². The first-order valence-corrected chi connectivity index (χ1v) is 9.13. The molecular formula is C19H31NO4. The van der Waals surface area contributed by atoms with Crippen molar-refractivity contribution < 1.29 is 19.1 Å². The van der Waals surface area contributed by atoms with Crippen LogP contribution in [0.1, 0.15) is 59.8 Å². The lowest BCUT2D eigenvalue weighted by atomic mass is 9.75. The van der Waals surface area contributed by atoms with Crippen LogP contribution in [0.15, 0.2) is 11.6 Å². The molecule has 5 heteroatoms. The van der Waals surface area contributed by atoms with Gasteiger partial charge in [0.05, 0.1) is 6.61 Å². The van der Waals surface area contributed by atoms with E-state index < -0.39 is 5.54 Å². The minimum atomic E-state index is -1.13. The monoisotopic (exact) mass is 337 g/mol. The van der Waals surface area contributed by atoms with Crippen molar-refractivity contribution in [3.05, 3.63) is 11.6 Å². The number of carbonyl (C=O) groups excluding carboxylic acids is 2. The molecule has 2 N–H and O–H groups in total. The van der Waals surface area contributed by atoms with E-state index in [1.807, 2.05) is 0 Å². The van der Waals surface area contributed by atoms with Crippen molar-refractivity contribution in [1.82, 2.24) is 0 Å². The fourth-order valence-corrected chi connectivity index (χ4v) is 3.83. The third-order valence-corrected chi connectivity index (χ3v) is 5.38. The maximum atomic E-state index is 12.7. The standard InChI is InChI=1S/C19H31NO4/c1-5-23-17(21)14-8-9-19(20,11-14)18(22)24-16-10-13(4)6-7-15(16)12(2)3/h8,12-13,15-16H,5-7,9-11,20H2,1-4H3/t13-,15+,16-,19+/m1/s1. The molecule has 4 atom stereocenters. The van der Waals surface area contributed by atoms with Gasteiger partial charge in [0.25, 0.3) is 0 Å². The molecule has 2 aliphatic carbocycles. The van der Waals surface area contributed by atoms with Gasteiger partial charge < -0.3 is 15.2 Å². The van der Waals surface area contributed by atoms with Crippen molar-refractivity contribution in [3.63, 3.8) is 0 Å². The second-order valence-electron chi connectivity index (χ2n) is 7.76. The van der Waals surface area contributed by atoms with Crippen LogP contribution in [0, 0.1) is 17.8 Å². The van der Waals surface area contributed by atoms with E-state index in [0.29, 0.717) is 36.4 Å². The van der Waals surface area contributed by atoms with Gasteiger partial charge in [0.1, 0.15) is 11.6 Å². The van der Waals surface area contributed by atoms with Crippen molar-refractivity contribution in [2.24, 2.45) is 23.5 Å². The van der Waals surface area contributed by atoms with E-state index in [9.17, 15) is 9.59 Å². The Hall–Kier alpha value is -1.36. The fourth-order valence-electron chi connectivity index (χ4n) is 3.83. The molecule has 2 rings (SSSR count). The average Bonchev–Trinajstić information content (AvgIpc) is 2.91. The molecule has 0 bridgehead atoms. The van der Waals surface area contributed by atoms with Gasteiger partial charge in [0.15, 0.2) is 0 Å². The topological polar surface area (TPSA) is 78.6 Å². The molecule has 0 spiro atoms. The van der Waals surface area contributed by atoms with Crippen LogP contribution in [-0.2, 0) is 19.1 Å². The number of ether oxygens (including phenoxy) is 2. The van der Waals surface area contributed by atoms with Gasteiger partial charge in [0.2, 0.25) is 0 Å². The van der Waals surface area contributed by atoms with Gasteiger partial charge in [-0.1, -0.05) is 33.3 Å². The van der Waals surface area contributed by atoms with E-state index in [4.69, 9.17) is 15.2 Å². The molecular weight excluding hydrogens is 306 g/mol. The zero-order valence-electron chi connectivity index (χ0n) is 15.3. The molecule has 0 heterocycles. The Labute approximate surface area is 144 Å². The Kier molecular flexibility index (Phi) is 6.07. The molecule has 0 radical (unpaired) electrons. The molecule has 0 aromatic heterocycles. The predicted octanol–water partition coefficient (Wildman–Crippen LogP) is 2.97. The number of esters is 2. The van der Waals surface area contributed by atoms with Crippen molar-refractivity contribution in [3.8, 4) is 0 Å². The fraction of sp³-hybridized carbons (Fsp3) is 0.789. The second kappa shape index (κ2) is 7.68. The lowest BCUT2D eigenvalue weighted by molar-refractivity contribution is -0.162. The first-order valence-electron chi connectivity index (χ1n) is 9.13. The van der Waals surface area contributed by atoms with Crippen molar-refractivity contribution in [2.45, 2.75) is 71.4 Å². The normalized spacial score (nSPS) is 33.2. The summed E-state index contributed by atoms with van der Waals surface area (Å²) in [5.41, 5.74) is 5.61. The van der Waals surface area contributed by atoms with Crippen LogP contribution < -0.4 is 5.73 Å². The number of rotatable bonds is 5. The summed E-state index contributed by atoms with van der Waals surface area (Å²) in [4.78, 5) is 24.5. The molecule has 136 valence electrons. The summed E-state index contributed by atoms with van der Waals surface area (Å²) in [6.45, 7) is 8.62. The third kappa shape index (κ3) is 4.18. The smallest absolute Gasteiger partial charge is 0.333 e. The minimum absolute atomic E-state index is 0.0756. The summed E-state index contributed by atoms with van der Waals surface area (Å²) >= 11 is 0. The van der Waals surface area contributed by atoms with Crippen LogP contribution in [0.4, 0.5) is 0 Å². The molecule has 0 aromatic carbocycles. The third-order valence-electron chi connectivity index (χ3n) is 5.38. The Bertz CT molecular complexity index is 513. The van der Waals surface area contributed by atoms with E-state index in [1.54, 1.807) is 13.0 Å². The predicted molar refractivity (Wildman–Crippen MR) is 92.1 cm³/mol. The summed E-state index contributed by atoms with van der Waals surface area (Å²) < 4.78 is 10.9. The Balaban J connectivity index is 2.00. The van der Waals surface area contributed by atoms with E-state index in [-0.39, 0.29) is 24.5 Å². The van der Waals surface area contributed by atoms with Crippen LogP contribution in [0.2, 0.25) is 0 Å². The highest BCUT2D eigenvalue weighted by Gasteiger charge is 2.44. The highest BCUT2D eigenvalue weighted by molar-refractivity contribution is 5.93. The molecule has 5 nitrogen and oxygen atoms in total. The summed E-state index contributed by atoms with van der Waals surface area (Å²) in [6, 6.07) is 0. The lowest BCUT2D eigenvalue weighted by Crippen LogP contribution is -2.50. The Morgan fingerprint density at radius 1 is 1.38 bits per heavy atom. The van der Waals surface area contributed by atoms with Gasteiger partial charge in [-0.15, -0.1) is 0 Å². The second-order valence-corrected chi connectivity index (χ2v) is 7.76. The summed E-state index contributed by atoms with van der Waals surface area (Å²) in [5.74, 6) is 0.642. The molecule has 0 aliphatic heterocycles. The quantitative estimate of drug-likeness (QED) is 0.780. The molecule has 0 aromatic rings. The first kappa shape index (κ1) is 19.0. The molecule has 24 heavy (non-hydrogen) atoms. The van der Waals surface area contributed by atoms with Gasteiger partial charge in [-0.25, -0.2) is 4.79 Å². The maximum Gasteiger partial charge on any atom is 0.333 e. The SMILES string of the molecule is CCOC(=O)C1=CC[C@@](N)(C(=O)O[C@@H]2C[C@H](C)CC[C@H]2C(C)C)C1. The van der Waals surface area contributed by atoms with Crippen LogP contribution in [-0.4, -0.2) is 30.2 Å². The van der Waals surface area contributed by atoms with Crippen molar-refractivity contribution >= 4 is 11.9 Å². The lowest BCUT2D eigenvalue weighted by Gasteiger charge is -2.38. The highest BCUT2D eigenvalue weighted by Crippen LogP contribution is 2.37. The molecule has 2 aliphatic rings. The van der Waals surface area contributed by atoms with E-state index in [0.717, 1.165) is 12.8 Å². The summed E-state index contributed by atoms with van der Waals surface area (Å²) in [6.07, 6.45) is 5.31. The summed E-state index contributed by atoms with van der Waals surface area (Å²) in [7, 11) is 0. The summed E-state index contributed by atoms with van der Waals surface area (Å²) in [5, 5.41) is 0. The molecule has 1 fully saturated rings. The molecule has 0 amide bonds. The van der Waals surface area contributed by atoms with Gasteiger partial charge in [-0.05, 0) is 43.9 Å². The highest BCUT2D eigenvalue weighted by atomic mass is 16.5. The zero-order chi connectivity index (χ0) is 17.9. The van der Waals surface area contributed by atoms with Gasteiger partial charge in [-0.3, -0.25) is 4.79 Å². The van der Waals surface area contributed by atoms with Gasteiger partial charge in [-0.2, -0.15) is 0 Å². The zero-order valence-corrected chi connectivity index (χ0v) is 15.3. The van der Waals surface area contributed by atoms with Crippen molar-refractivity contribution in [1.29, 1.82) is 0 Å². The number of hydrogen-bond acceptors (Lipinski definition) is 5.